The number of aromatic nitrogens is 4. The summed E-state index contributed by atoms with van der Waals surface area (Å²) in [7, 11) is 2.06. The fraction of sp³-hybridized carbons (Fsp3) is 0.0204. The molecule has 3 aromatic heterocycles. The van der Waals surface area contributed by atoms with Gasteiger partial charge >= 0.3 is 0 Å². The Kier molecular flexibility index (Phi) is 6.43. The van der Waals surface area contributed by atoms with Crippen molar-refractivity contribution < 1.29 is 4.57 Å². The summed E-state index contributed by atoms with van der Waals surface area (Å²) >= 11 is 0. The van der Waals surface area contributed by atoms with Crippen LogP contribution in [0.2, 0.25) is 0 Å². The number of fused-ring (bicyclic) bond motifs is 12. The Balaban J connectivity index is 1.24. The van der Waals surface area contributed by atoms with Crippen molar-refractivity contribution in [3.8, 4) is 67.1 Å². The van der Waals surface area contributed by atoms with Crippen LogP contribution in [0.5, 0.6) is 0 Å². The average molecular weight is 677 g/mol. The highest BCUT2D eigenvalue weighted by molar-refractivity contribution is 6.12. The molecule has 0 N–H and O–H groups in total. The molecule has 0 bridgehead atoms. The van der Waals surface area contributed by atoms with Crippen LogP contribution in [0.15, 0.2) is 176 Å². The number of nitrogens with zero attached hydrogens (tertiary/aromatic N) is 4. The molecule has 0 saturated heterocycles. The van der Waals surface area contributed by atoms with E-state index in [1.54, 1.807) is 0 Å². The van der Waals surface area contributed by atoms with Gasteiger partial charge in [0.15, 0.2) is 0 Å². The van der Waals surface area contributed by atoms with E-state index in [9.17, 15) is 0 Å². The Bertz CT molecular complexity index is 3070. The molecule has 0 radical (unpaired) electrons. The van der Waals surface area contributed by atoms with Gasteiger partial charge in [-0.15, -0.1) is 0 Å². The van der Waals surface area contributed by atoms with E-state index in [1.165, 1.54) is 60.8 Å². The van der Waals surface area contributed by atoms with E-state index in [2.05, 4.69) is 191 Å². The molecule has 7 aromatic carbocycles. The molecule has 248 valence electrons. The van der Waals surface area contributed by atoms with E-state index in [4.69, 9.17) is 4.98 Å². The molecular formula is C49H32N4. The summed E-state index contributed by atoms with van der Waals surface area (Å²) in [5, 5.41) is 2.42. The molecule has 0 aliphatic heterocycles. The summed E-state index contributed by atoms with van der Waals surface area (Å²) in [4.78, 5) is 4.81. The number of hydrogen-bond acceptors (Lipinski definition) is 1. The SMILES string of the molecule is C[n+]1[c-]n(-c2ccc3c(c2)-c2c(-c4ccc5c6ccccc6n(-c6ccccn6)c5c4)cccc2-c2ccccc2-c2ccccc2-3)c2ccccc21. The predicted octanol–water partition coefficient (Wildman–Crippen LogP) is 11.4. The summed E-state index contributed by atoms with van der Waals surface area (Å²) in [5.41, 5.74) is 17.7. The molecular weight excluding hydrogens is 645 g/mol. The van der Waals surface area contributed by atoms with Crippen LogP contribution in [0.25, 0.3) is 100.0 Å². The van der Waals surface area contributed by atoms with Crippen molar-refractivity contribution in [2.45, 2.75) is 0 Å². The van der Waals surface area contributed by atoms with Gasteiger partial charge in [-0.05, 0) is 86.0 Å². The highest BCUT2D eigenvalue weighted by atomic mass is 15.1. The van der Waals surface area contributed by atoms with Gasteiger partial charge in [0.1, 0.15) is 5.82 Å². The van der Waals surface area contributed by atoms with E-state index in [0.29, 0.717) is 0 Å². The van der Waals surface area contributed by atoms with Gasteiger partial charge in [0.05, 0.1) is 34.8 Å². The lowest BCUT2D eigenvalue weighted by Crippen LogP contribution is -2.26. The minimum atomic E-state index is 0.906. The van der Waals surface area contributed by atoms with Gasteiger partial charge in [0.25, 0.3) is 0 Å². The summed E-state index contributed by atoms with van der Waals surface area (Å²) in [6.45, 7) is 0. The molecule has 11 rings (SSSR count). The maximum Gasteiger partial charge on any atom is 0.244 e. The maximum absolute atomic E-state index is 4.81. The molecule has 0 spiro atoms. The normalized spacial score (nSPS) is 11.9. The first kappa shape index (κ1) is 29.7. The summed E-state index contributed by atoms with van der Waals surface area (Å²) in [6, 6.07) is 61.6. The average Bonchev–Trinajstić information content (AvgIpc) is 3.74. The zero-order valence-electron chi connectivity index (χ0n) is 29.0. The smallest absolute Gasteiger partial charge is 0.244 e. The second kappa shape index (κ2) is 11.5. The minimum absolute atomic E-state index is 0.906. The molecule has 0 saturated carbocycles. The predicted molar refractivity (Wildman–Crippen MR) is 216 cm³/mol. The van der Waals surface area contributed by atoms with Gasteiger partial charge in [0, 0.05) is 17.0 Å². The largest absolute Gasteiger partial charge is 0.319 e. The van der Waals surface area contributed by atoms with E-state index in [1.807, 2.05) is 12.3 Å². The number of para-hydroxylation sites is 3. The number of benzene rings is 7. The van der Waals surface area contributed by atoms with Crippen molar-refractivity contribution in [3.05, 3.63) is 182 Å². The summed E-state index contributed by atoms with van der Waals surface area (Å²) in [6.07, 6.45) is 5.46. The standard InChI is InChI=1S/C49H32N4/c1-51-31-52(46-22-9-8-21-45(46)51)33-25-27-39-37-15-3-2-13-35(37)36-14-4-5-16-38(36)42-19-12-18-34(49(42)43(39)30-33)32-24-26-41-40-17-6-7-20-44(40)53(47(41)29-32)48-23-10-11-28-50-48/h2-30H,1H3. The van der Waals surface area contributed by atoms with Crippen LogP contribution in [0, 0.1) is 6.33 Å². The van der Waals surface area contributed by atoms with Crippen molar-refractivity contribution >= 4 is 32.8 Å². The van der Waals surface area contributed by atoms with Crippen LogP contribution < -0.4 is 4.57 Å². The monoisotopic (exact) mass is 676 g/mol. The first-order chi connectivity index (χ1) is 26.2. The molecule has 53 heavy (non-hydrogen) atoms. The van der Waals surface area contributed by atoms with Gasteiger partial charge in [-0.2, -0.15) is 0 Å². The molecule has 1 aliphatic carbocycles. The first-order valence-corrected chi connectivity index (χ1v) is 18.0. The molecule has 0 fully saturated rings. The molecule has 4 nitrogen and oxygen atoms in total. The highest BCUT2D eigenvalue weighted by Gasteiger charge is 2.25. The molecule has 1 aliphatic rings. The van der Waals surface area contributed by atoms with Crippen molar-refractivity contribution in [2.24, 2.45) is 7.05 Å². The van der Waals surface area contributed by atoms with E-state index >= 15 is 0 Å². The molecule has 0 unspecified atom stereocenters. The second-order valence-electron chi connectivity index (χ2n) is 13.8. The molecule has 0 atom stereocenters. The topological polar surface area (TPSA) is 26.6 Å². The third-order valence-electron chi connectivity index (χ3n) is 10.9. The third kappa shape index (κ3) is 4.42. The number of aryl methyl sites for hydroxylation is 1. The quantitative estimate of drug-likeness (QED) is 0.135. The zero-order valence-corrected chi connectivity index (χ0v) is 29.0. The Morgan fingerprint density at radius 1 is 0.472 bits per heavy atom. The fourth-order valence-electron chi connectivity index (χ4n) is 8.59. The number of imidazole rings is 1. The minimum Gasteiger partial charge on any atom is -0.319 e. The van der Waals surface area contributed by atoms with Crippen LogP contribution >= 0.6 is 0 Å². The van der Waals surface area contributed by atoms with Crippen molar-refractivity contribution in [1.82, 2.24) is 14.1 Å². The number of rotatable bonds is 3. The highest BCUT2D eigenvalue weighted by Crippen LogP contribution is 2.51. The Morgan fingerprint density at radius 3 is 1.87 bits per heavy atom. The van der Waals surface area contributed by atoms with Crippen LogP contribution in [0.4, 0.5) is 0 Å². The van der Waals surface area contributed by atoms with E-state index in [0.717, 1.165) is 39.1 Å². The maximum atomic E-state index is 4.81. The third-order valence-corrected chi connectivity index (χ3v) is 10.9. The molecule has 3 heterocycles. The van der Waals surface area contributed by atoms with Crippen LogP contribution in [-0.2, 0) is 7.05 Å². The van der Waals surface area contributed by atoms with Gasteiger partial charge in [-0.1, -0.05) is 140 Å². The Morgan fingerprint density at radius 2 is 1.09 bits per heavy atom. The first-order valence-electron chi connectivity index (χ1n) is 18.0. The summed E-state index contributed by atoms with van der Waals surface area (Å²) < 4.78 is 6.56. The lowest BCUT2D eigenvalue weighted by Gasteiger charge is -2.26. The fourth-order valence-corrected chi connectivity index (χ4v) is 8.59. The van der Waals surface area contributed by atoms with Crippen LogP contribution in [0.1, 0.15) is 0 Å². The van der Waals surface area contributed by atoms with Gasteiger partial charge in [0.2, 0.25) is 6.33 Å². The van der Waals surface area contributed by atoms with Crippen LogP contribution in [-0.4, -0.2) is 14.1 Å². The molecule has 4 heteroatoms. The Labute approximate surface area is 307 Å². The van der Waals surface area contributed by atoms with Crippen molar-refractivity contribution in [3.63, 3.8) is 0 Å². The number of hydrogen-bond donors (Lipinski definition) is 0. The van der Waals surface area contributed by atoms with Crippen molar-refractivity contribution in [1.29, 1.82) is 0 Å². The van der Waals surface area contributed by atoms with E-state index < -0.39 is 0 Å². The van der Waals surface area contributed by atoms with E-state index in [-0.39, 0.29) is 0 Å². The van der Waals surface area contributed by atoms with Crippen LogP contribution in [0.3, 0.4) is 0 Å². The van der Waals surface area contributed by atoms with Gasteiger partial charge in [-0.25, -0.2) is 4.98 Å². The summed E-state index contributed by atoms with van der Waals surface area (Å²) in [5.74, 6) is 0.906. The van der Waals surface area contributed by atoms with Gasteiger partial charge in [-0.3, -0.25) is 4.57 Å². The molecule has 10 aromatic rings. The zero-order chi connectivity index (χ0) is 35.0. The Hall–Kier alpha value is -7.04. The van der Waals surface area contributed by atoms with Crippen molar-refractivity contribution in [2.75, 3.05) is 0 Å². The second-order valence-corrected chi connectivity index (χ2v) is 13.8. The number of pyridine rings is 1. The van der Waals surface area contributed by atoms with Gasteiger partial charge < -0.3 is 9.13 Å². The molecule has 0 amide bonds. The lowest BCUT2D eigenvalue weighted by molar-refractivity contribution is -0.649. The lowest BCUT2D eigenvalue weighted by atomic mass is 9.78.